The number of nitrogens with zero attached hydrogens (tertiary/aromatic N) is 1. The van der Waals surface area contributed by atoms with Crippen LogP contribution in [0, 0.1) is 12.8 Å². The summed E-state index contributed by atoms with van der Waals surface area (Å²) in [6, 6.07) is 6.27. The molecule has 2 rings (SSSR count). The maximum Gasteiger partial charge on any atom is 0.223 e. The molecule has 1 amide bonds. The average molecular weight is 516 g/mol. The highest BCUT2D eigenvalue weighted by Crippen LogP contribution is 2.23. The van der Waals surface area contributed by atoms with Gasteiger partial charge in [-0.3, -0.25) is 9.79 Å². The molecule has 1 aliphatic rings. The standard InChI is InChI=1S/C22H36N4O2.HI/c1-4-23-22(25-13-12-18-11-10-17(2)20(16-18)28-3)26-15-14-24-21(27)19-8-6-5-7-9-19;/h10-11,16,19H,4-9,12-15H2,1-3H3,(H,24,27)(H2,23,25,26);1H. The molecule has 29 heavy (non-hydrogen) atoms. The molecule has 1 aromatic carbocycles. The van der Waals surface area contributed by atoms with Crippen LogP contribution >= 0.6 is 24.0 Å². The Balaban J connectivity index is 0.00000420. The minimum Gasteiger partial charge on any atom is -0.496 e. The SMILES string of the molecule is CCNC(=NCCc1ccc(C)c(OC)c1)NCCNC(=O)C1CCCCC1.I. The first-order valence-corrected chi connectivity index (χ1v) is 10.6. The number of benzene rings is 1. The third kappa shape index (κ3) is 9.23. The molecular weight excluding hydrogens is 479 g/mol. The summed E-state index contributed by atoms with van der Waals surface area (Å²) in [5.41, 5.74) is 2.35. The van der Waals surface area contributed by atoms with Crippen molar-refractivity contribution in [3.63, 3.8) is 0 Å². The molecule has 3 N–H and O–H groups in total. The number of ether oxygens (including phenoxy) is 1. The Labute approximate surface area is 192 Å². The molecule has 0 heterocycles. The normalized spacial score (nSPS) is 14.7. The lowest BCUT2D eigenvalue weighted by Gasteiger charge is -2.21. The number of carbonyl (C=O) groups is 1. The minimum absolute atomic E-state index is 0. The summed E-state index contributed by atoms with van der Waals surface area (Å²) < 4.78 is 5.39. The molecule has 1 saturated carbocycles. The molecule has 0 atom stereocenters. The van der Waals surface area contributed by atoms with Crippen molar-refractivity contribution in [2.24, 2.45) is 10.9 Å². The quantitative estimate of drug-likeness (QED) is 0.204. The molecule has 0 unspecified atom stereocenters. The number of amides is 1. The van der Waals surface area contributed by atoms with E-state index >= 15 is 0 Å². The Morgan fingerprint density at radius 2 is 1.86 bits per heavy atom. The molecule has 1 fully saturated rings. The lowest BCUT2D eigenvalue weighted by atomic mass is 9.89. The number of aliphatic imine (C=N–C) groups is 1. The number of nitrogens with one attached hydrogen (secondary N) is 3. The Kier molecular flexibility index (Phi) is 12.7. The van der Waals surface area contributed by atoms with Crippen molar-refractivity contribution < 1.29 is 9.53 Å². The van der Waals surface area contributed by atoms with Crippen LogP contribution in [0.3, 0.4) is 0 Å². The largest absolute Gasteiger partial charge is 0.496 e. The number of hydrogen-bond acceptors (Lipinski definition) is 3. The van der Waals surface area contributed by atoms with Crippen LogP contribution in [0.5, 0.6) is 5.75 Å². The van der Waals surface area contributed by atoms with Gasteiger partial charge in [-0.2, -0.15) is 0 Å². The van der Waals surface area contributed by atoms with E-state index in [-0.39, 0.29) is 35.8 Å². The third-order valence-corrected chi connectivity index (χ3v) is 5.18. The van der Waals surface area contributed by atoms with Gasteiger partial charge in [0.2, 0.25) is 5.91 Å². The predicted octanol–water partition coefficient (Wildman–Crippen LogP) is 3.42. The van der Waals surface area contributed by atoms with E-state index < -0.39 is 0 Å². The molecule has 164 valence electrons. The summed E-state index contributed by atoms with van der Waals surface area (Å²) in [5.74, 6) is 2.12. The molecule has 0 aliphatic heterocycles. The Hall–Kier alpha value is -1.51. The van der Waals surface area contributed by atoms with Gasteiger partial charge in [0.25, 0.3) is 0 Å². The van der Waals surface area contributed by atoms with E-state index in [4.69, 9.17) is 4.74 Å². The van der Waals surface area contributed by atoms with Gasteiger partial charge in [0, 0.05) is 32.1 Å². The van der Waals surface area contributed by atoms with Gasteiger partial charge in [0.15, 0.2) is 5.96 Å². The highest BCUT2D eigenvalue weighted by Gasteiger charge is 2.20. The summed E-state index contributed by atoms with van der Waals surface area (Å²) in [4.78, 5) is 16.8. The van der Waals surface area contributed by atoms with Crippen molar-refractivity contribution in [2.75, 3.05) is 33.3 Å². The van der Waals surface area contributed by atoms with Crippen molar-refractivity contribution in [1.82, 2.24) is 16.0 Å². The van der Waals surface area contributed by atoms with E-state index in [9.17, 15) is 4.79 Å². The lowest BCUT2D eigenvalue weighted by molar-refractivity contribution is -0.125. The van der Waals surface area contributed by atoms with Gasteiger partial charge in [0.1, 0.15) is 5.75 Å². The zero-order valence-electron chi connectivity index (χ0n) is 18.1. The summed E-state index contributed by atoms with van der Waals surface area (Å²) in [6.07, 6.45) is 6.55. The second kappa shape index (κ2) is 14.5. The number of guanidine groups is 1. The van der Waals surface area contributed by atoms with E-state index in [1.54, 1.807) is 7.11 Å². The fourth-order valence-corrected chi connectivity index (χ4v) is 3.53. The van der Waals surface area contributed by atoms with Crippen LogP contribution in [0.15, 0.2) is 23.2 Å². The van der Waals surface area contributed by atoms with Gasteiger partial charge in [-0.05, 0) is 50.3 Å². The highest BCUT2D eigenvalue weighted by molar-refractivity contribution is 14.0. The molecule has 0 radical (unpaired) electrons. The topological polar surface area (TPSA) is 74.8 Å². The van der Waals surface area contributed by atoms with E-state index in [1.165, 1.54) is 24.8 Å². The van der Waals surface area contributed by atoms with E-state index in [1.807, 2.05) is 13.8 Å². The first-order chi connectivity index (χ1) is 13.6. The van der Waals surface area contributed by atoms with Crippen LogP contribution in [-0.4, -0.2) is 45.2 Å². The van der Waals surface area contributed by atoms with E-state index in [0.29, 0.717) is 19.6 Å². The number of methoxy groups -OCH3 is 1. The molecule has 0 aromatic heterocycles. The first kappa shape index (κ1) is 25.5. The smallest absolute Gasteiger partial charge is 0.223 e. The second-order valence-corrected chi connectivity index (χ2v) is 7.37. The van der Waals surface area contributed by atoms with E-state index in [0.717, 1.165) is 43.1 Å². The number of aryl methyl sites for hydroxylation is 1. The Bertz CT molecular complexity index is 646. The maximum atomic E-state index is 12.2. The van der Waals surface area contributed by atoms with Crippen LogP contribution in [-0.2, 0) is 11.2 Å². The van der Waals surface area contributed by atoms with Gasteiger partial charge < -0.3 is 20.7 Å². The summed E-state index contributed by atoms with van der Waals surface area (Å²) in [6.45, 7) is 6.88. The molecule has 0 bridgehead atoms. The maximum absolute atomic E-state index is 12.2. The van der Waals surface area contributed by atoms with Gasteiger partial charge in [0.05, 0.1) is 7.11 Å². The van der Waals surface area contributed by atoms with Crippen molar-refractivity contribution in [3.05, 3.63) is 29.3 Å². The molecular formula is C22H37IN4O2. The zero-order valence-corrected chi connectivity index (χ0v) is 20.4. The number of rotatable bonds is 9. The molecule has 6 nitrogen and oxygen atoms in total. The van der Waals surface area contributed by atoms with Gasteiger partial charge >= 0.3 is 0 Å². The summed E-state index contributed by atoms with van der Waals surface area (Å²) in [7, 11) is 1.70. The van der Waals surface area contributed by atoms with Crippen molar-refractivity contribution in [2.45, 2.75) is 52.4 Å². The third-order valence-electron chi connectivity index (χ3n) is 5.18. The van der Waals surface area contributed by atoms with Crippen molar-refractivity contribution in [3.8, 4) is 5.75 Å². The second-order valence-electron chi connectivity index (χ2n) is 7.37. The van der Waals surface area contributed by atoms with Gasteiger partial charge in [-0.15, -0.1) is 24.0 Å². The van der Waals surface area contributed by atoms with Crippen LogP contribution in [0.4, 0.5) is 0 Å². The minimum atomic E-state index is 0. The fraction of sp³-hybridized carbons (Fsp3) is 0.636. The predicted molar refractivity (Wildman–Crippen MR) is 130 cm³/mol. The lowest BCUT2D eigenvalue weighted by Crippen LogP contribution is -2.42. The van der Waals surface area contributed by atoms with Crippen LogP contribution in [0.2, 0.25) is 0 Å². The van der Waals surface area contributed by atoms with Crippen LogP contribution in [0.1, 0.15) is 50.2 Å². The van der Waals surface area contributed by atoms with Crippen LogP contribution in [0.25, 0.3) is 0 Å². The summed E-state index contributed by atoms with van der Waals surface area (Å²) in [5, 5.41) is 9.60. The summed E-state index contributed by atoms with van der Waals surface area (Å²) >= 11 is 0. The highest BCUT2D eigenvalue weighted by atomic mass is 127. The average Bonchev–Trinajstić information content (AvgIpc) is 2.72. The molecule has 0 spiro atoms. The number of carbonyl (C=O) groups excluding carboxylic acids is 1. The first-order valence-electron chi connectivity index (χ1n) is 10.6. The fourth-order valence-electron chi connectivity index (χ4n) is 3.53. The molecule has 1 aliphatic carbocycles. The number of hydrogen-bond donors (Lipinski definition) is 3. The Morgan fingerprint density at radius 1 is 1.14 bits per heavy atom. The van der Waals surface area contributed by atoms with Crippen molar-refractivity contribution >= 4 is 35.8 Å². The zero-order chi connectivity index (χ0) is 20.2. The van der Waals surface area contributed by atoms with Gasteiger partial charge in [-0.1, -0.05) is 31.4 Å². The molecule has 1 aromatic rings. The molecule has 0 saturated heterocycles. The van der Waals surface area contributed by atoms with Crippen LogP contribution < -0.4 is 20.7 Å². The van der Waals surface area contributed by atoms with E-state index in [2.05, 4.69) is 39.1 Å². The van der Waals surface area contributed by atoms with Crippen molar-refractivity contribution in [1.29, 1.82) is 0 Å². The molecule has 7 heteroatoms. The Morgan fingerprint density at radius 3 is 2.55 bits per heavy atom. The number of halogens is 1. The monoisotopic (exact) mass is 516 g/mol. The van der Waals surface area contributed by atoms with Gasteiger partial charge in [-0.25, -0.2) is 0 Å².